The van der Waals surface area contributed by atoms with Crippen molar-refractivity contribution in [3.8, 4) is 0 Å². The Labute approximate surface area is 75.7 Å². The first-order chi connectivity index (χ1) is 5.93. The predicted octanol–water partition coefficient (Wildman–Crippen LogP) is -1.71. The van der Waals surface area contributed by atoms with E-state index in [1.54, 1.807) is 6.92 Å². The number of hydrogen-bond acceptors (Lipinski definition) is 4. The fraction of sp³-hybridized carbons (Fsp3) is 0.714. The van der Waals surface area contributed by atoms with Gasteiger partial charge in [0.25, 0.3) is 0 Å². The first kappa shape index (κ1) is 11.9. The number of amides is 1. The third-order valence-corrected chi connectivity index (χ3v) is 1.29. The molecule has 76 valence electrons. The van der Waals surface area contributed by atoms with Crippen LogP contribution in [-0.4, -0.2) is 40.8 Å². The molecule has 0 bridgehead atoms. The van der Waals surface area contributed by atoms with Crippen LogP contribution in [0.25, 0.3) is 0 Å². The Bertz CT molecular complexity index is 193. The summed E-state index contributed by atoms with van der Waals surface area (Å²) in [4.78, 5) is 21.0. The first-order valence-electron chi connectivity index (χ1n) is 3.86. The Morgan fingerprint density at radius 1 is 1.54 bits per heavy atom. The lowest BCUT2D eigenvalue weighted by molar-refractivity contribution is -0.146. The zero-order valence-electron chi connectivity index (χ0n) is 7.36. The molecule has 6 heteroatoms. The molecule has 0 aliphatic heterocycles. The minimum Gasteiger partial charge on any atom is -0.479 e. The van der Waals surface area contributed by atoms with E-state index in [0.717, 1.165) is 0 Å². The lowest BCUT2D eigenvalue weighted by atomic mass is 10.2. The maximum atomic E-state index is 10.9. The quantitative estimate of drug-likeness (QED) is 0.412. The zero-order chi connectivity index (χ0) is 10.4. The highest BCUT2D eigenvalue weighted by Crippen LogP contribution is 1.86. The predicted molar refractivity (Wildman–Crippen MR) is 44.9 cm³/mol. The number of carbonyl (C=O) groups excluding carboxylic acids is 1. The number of hydrogen-bond donors (Lipinski definition) is 4. The molecule has 0 heterocycles. The minimum absolute atomic E-state index is 0.117. The molecule has 0 saturated heterocycles. The molecule has 0 aromatic rings. The van der Waals surface area contributed by atoms with Gasteiger partial charge in [-0.15, -0.1) is 0 Å². The molecule has 0 spiro atoms. The van der Waals surface area contributed by atoms with E-state index in [-0.39, 0.29) is 24.9 Å². The zero-order valence-corrected chi connectivity index (χ0v) is 7.36. The summed E-state index contributed by atoms with van der Waals surface area (Å²) < 4.78 is 0. The number of aliphatic hydroxyl groups excluding tert-OH is 1. The van der Waals surface area contributed by atoms with E-state index in [4.69, 9.17) is 15.9 Å². The second kappa shape index (κ2) is 5.50. The number of carbonyl (C=O) groups is 2. The Morgan fingerprint density at radius 2 is 2.08 bits per heavy atom. The Morgan fingerprint density at radius 3 is 2.46 bits per heavy atom. The average Bonchev–Trinajstić information content (AvgIpc) is 1.98. The fourth-order valence-electron chi connectivity index (χ4n) is 0.662. The van der Waals surface area contributed by atoms with E-state index >= 15 is 0 Å². The monoisotopic (exact) mass is 190 g/mol. The van der Waals surface area contributed by atoms with Crippen LogP contribution in [0.1, 0.15) is 13.3 Å². The van der Waals surface area contributed by atoms with E-state index in [1.807, 2.05) is 0 Å². The molecule has 0 aromatic heterocycles. The van der Waals surface area contributed by atoms with Crippen molar-refractivity contribution in [3.63, 3.8) is 0 Å². The van der Waals surface area contributed by atoms with Gasteiger partial charge in [0.15, 0.2) is 6.10 Å². The largest absolute Gasteiger partial charge is 0.479 e. The summed E-state index contributed by atoms with van der Waals surface area (Å²) in [7, 11) is 0. The number of carboxylic acid groups (broad SMARTS) is 1. The summed E-state index contributed by atoms with van der Waals surface area (Å²) in [6, 6.07) is -0.276. The maximum absolute atomic E-state index is 10.9. The lowest BCUT2D eigenvalue weighted by Crippen LogP contribution is -2.38. The van der Waals surface area contributed by atoms with Gasteiger partial charge in [-0.1, -0.05) is 0 Å². The Hall–Kier alpha value is -1.14. The lowest BCUT2D eigenvalue weighted by Gasteiger charge is -2.08. The molecule has 0 radical (unpaired) electrons. The molecule has 0 rings (SSSR count). The van der Waals surface area contributed by atoms with Gasteiger partial charge in [0, 0.05) is 12.5 Å². The number of nitrogens with one attached hydrogen (secondary N) is 1. The SMILES string of the molecule is CC(N)CC(=O)NCC(O)C(=O)O. The number of carboxylic acids is 1. The van der Waals surface area contributed by atoms with E-state index in [0.29, 0.717) is 0 Å². The normalized spacial score (nSPS) is 14.7. The third kappa shape index (κ3) is 6.06. The van der Waals surface area contributed by atoms with Crippen molar-refractivity contribution in [3.05, 3.63) is 0 Å². The molecule has 0 aliphatic rings. The first-order valence-corrected chi connectivity index (χ1v) is 3.86. The standard InChI is InChI=1S/C7H14N2O4/c1-4(8)2-6(11)9-3-5(10)7(12)13/h4-5,10H,2-3,8H2,1H3,(H,9,11)(H,12,13). The minimum atomic E-state index is -1.56. The van der Waals surface area contributed by atoms with Crippen LogP contribution in [0.3, 0.4) is 0 Å². The van der Waals surface area contributed by atoms with Gasteiger partial charge in [-0.05, 0) is 6.92 Å². The summed E-state index contributed by atoms with van der Waals surface area (Å²) in [6.45, 7) is 1.37. The van der Waals surface area contributed by atoms with Gasteiger partial charge >= 0.3 is 5.97 Å². The van der Waals surface area contributed by atoms with E-state index in [2.05, 4.69) is 5.32 Å². The number of rotatable bonds is 5. The van der Waals surface area contributed by atoms with Crippen molar-refractivity contribution in [2.45, 2.75) is 25.5 Å². The fourth-order valence-corrected chi connectivity index (χ4v) is 0.662. The van der Waals surface area contributed by atoms with Gasteiger partial charge in [0.05, 0.1) is 6.54 Å². The molecule has 6 nitrogen and oxygen atoms in total. The second-order valence-electron chi connectivity index (χ2n) is 2.84. The van der Waals surface area contributed by atoms with E-state index < -0.39 is 12.1 Å². The topological polar surface area (TPSA) is 113 Å². The molecule has 0 saturated carbocycles. The highest BCUT2D eigenvalue weighted by Gasteiger charge is 2.14. The van der Waals surface area contributed by atoms with Crippen molar-refractivity contribution in [1.82, 2.24) is 5.32 Å². The molecule has 2 atom stereocenters. The average molecular weight is 190 g/mol. The summed E-state index contributed by atoms with van der Waals surface area (Å²) in [5.41, 5.74) is 5.32. The van der Waals surface area contributed by atoms with Crippen molar-refractivity contribution in [1.29, 1.82) is 0 Å². The van der Waals surface area contributed by atoms with Crippen LogP contribution in [0.15, 0.2) is 0 Å². The third-order valence-electron chi connectivity index (χ3n) is 1.29. The van der Waals surface area contributed by atoms with Crippen LogP contribution in [-0.2, 0) is 9.59 Å². The van der Waals surface area contributed by atoms with Gasteiger partial charge < -0.3 is 21.3 Å². The van der Waals surface area contributed by atoms with Crippen LogP contribution in [0.2, 0.25) is 0 Å². The Balaban J connectivity index is 3.64. The van der Waals surface area contributed by atoms with Crippen molar-refractivity contribution < 1.29 is 19.8 Å². The summed E-state index contributed by atoms with van der Waals surface area (Å²) in [5.74, 6) is -1.73. The van der Waals surface area contributed by atoms with Crippen LogP contribution in [0.5, 0.6) is 0 Å². The van der Waals surface area contributed by atoms with Gasteiger partial charge in [0.1, 0.15) is 0 Å². The van der Waals surface area contributed by atoms with Crippen LogP contribution in [0, 0.1) is 0 Å². The van der Waals surface area contributed by atoms with Gasteiger partial charge in [-0.2, -0.15) is 0 Å². The van der Waals surface area contributed by atoms with E-state index in [9.17, 15) is 9.59 Å². The molecule has 0 aromatic carbocycles. The van der Waals surface area contributed by atoms with E-state index in [1.165, 1.54) is 0 Å². The van der Waals surface area contributed by atoms with Crippen molar-refractivity contribution in [2.75, 3.05) is 6.54 Å². The highest BCUT2D eigenvalue weighted by molar-refractivity contribution is 5.78. The van der Waals surface area contributed by atoms with Crippen molar-refractivity contribution >= 4 is 11.9 Å². The molecule has 13 heavy (non-hydrogen) atoms. The van der Waals surface area contributed by atoms with Gasteiger partial charge in [-0.3, -0.25) is 4.79 Å². The van der Waals surface area contributed by atoms with Crippen molar-refractivity contribution in [2.24, 2.45) is 5.73 Å². The molecule has 0 aliphatic carbocycles. The Kier molecular flexibility index (Phi) is 5.01. The molecular formula is C7H14N2O4. The van der Waals surface area contributed by atoms with Gasteiger partial charge in [-0.25, -0.2) is 4.79 Å². The highest BCUT2D eigenvalue weighted by atomic mass is 16.4. The molecule has 0 fully saturated rings. The summed E-state index contributed by atoms with van der Waals surface area (Å²) in [5, 5.41) is 19.3. The number of aliphatic hydroxyl groups is 1. The molecule has 2 unspecified atom stereocenters. The maximum Gasteiger partial charge on any atom is 0.334 e. The molecule has 1 amide bonds. The number of nitrogens with two attached hydrogens (primary N) is 1. The van der Waals surface area contributed by atoms with Gasteiger partial charge in [0.2, 0.25) is 5.91 Å². The number of aliphatic carboxylic acids is 1. The molecular weight excluding hydrogens is 176 g/mol. The summed E-state index contributed by atoms with van der Waals surface area (Å²) >= 11 is 0. The van der Waals surface area contributed by atoms with Crippen LogP contribution >= 0.6 is 0 Å². The van der Waals surface area contributed by atoms with Crippen LogP contribution < -0.4 is 11.1 Å². The molecule has 5 N–H and O–H groups in total. The smallest absolute Gasteiger partial charge is 0.334 e. The van der Waals surface area contributed by atoms with Crippen LogP contribution in [0.4, 0.5) is 0 Å². The second-order valence-corrected chi connectivity index (χ2v) is 2.84. The summed E-state index contributed by atoms with van der Waals surface area (Å²) in [6.07, 6.45) is -1.44.